The van der Waals surface area contributed by atoms with E-state index in [1.165, 1.54) is 4.90 Å². The van der Waals surface area contributed by atoms with Crippen molar-refractivity contribution in [2.24, 2.45) is 0 Å². The van der Waals surface area contributed by atoms with Gasteiger partial charge in [0, 0.05) is 6.20 Å². The second-order valence-corrected chi connectivity index (χ2v) is 7.45. The van der Waals surface area contributed by atoms with Crippen LogP contribution in [0.5, 0.6) is 5.75 Å². The second-order valence-electron chi connectivity index (χ2n) is 7.45. The van der Waals surface area contributed by atoms with Crippen LogP contribution in [0, 0.1) is 6.92 Å². The van der Waals surface area contributed by atoms with Gasteiger partial charge >= 0.3 is 0 Å². The quantitative estimate of drug-likeness (QED) is 0.488. The number of aryl methyl sites for hydroxylation is 1. The van der Waals surface area contributed by atoms with Gasteiger partial charge in [0.2, 0.25) is 5.76 Å². The van der Waals surface area contributed by atoms with E-state index in [1.54, 1.807) is 36.5 Å². The Morgan fingerprint density at radius 3 is 2.68 bits per heavy atom. The highest BCUT2D eigenvalue weighted by Crippen LogP contribution is 2.41. The number of anilines is 1. The van der Waals surface area contributed by atoms with Crippen molar-refractivity contribution in [2.75, 3.05) is 11.5 Å². The number of para-hydroxylation sites is 1. The number of hydrogen-bond donors (Lipinski definition) is 0. The summed E-state index contributed by atoms with van der Waals surface area (Å²) in [6.07, 6.45) is 1.70. The zero-order chi connectivity index (χ0) is 21.5. The van der Waals surface area contributed by atoms with E-state index in [9.17, 15) is 9.59 Å². The van der Waals surface area contributed by atoms with Crippen LogP contribution in [0.25, 0.3) is 11.0 Å². The first-order valence-corrected chi connectivity index (χ1v) is 10.1. The SMILES string of the molecule is CCOc1cccc(C2c3c(oc4ccccc4c3=O)C(=O)N2c2ccc(C)cn2)c1. The molecule has 0 saturated heterocycles. The third-order valence-corrected chi connectivity index (χ3v) is 5.41. The number of amides is 1. The van der Waals surface area contributed by atoms with Crippen LogP contribution in [0.4, 0.5) is 5.82 Å². The van der Waals surface area contributed by atoms with Gasteiger partial charge in [-0.15, -0.1) is 0 Å². The molecule has 3 heterocycles. The lowest BCUT2D eigenvalue weighted by Crippen LogP contribution is -2.30. The Morgan fingerprint density at radius 2 is 1.90 bits per heavy atom. The molecule has 5 rings (SSSR count). The maximum Gasteiger partial charge on any atom is 0.296 e. The molecule has 1 atom stereocenters. The first-order valence-electron chi connectivity index (χ1n) is 10.1. The number of pyridine rings is 1. The summed E-state index contributed by atoms with van der Waals surface area (Å²) in [6, 6.07) is 17.4. The smallest absolute Gasteiger partial charge is 0.296 e. The third-order valence-electron chi connectivity index (χ3n) is 5.41. The van der Waals surface area contributed by atoms with Gasteiger partial charge in [-0.3, -0.25) is 14.5 Å². The summed E-state index contributed by atoms with van der Waals surface area (Å²) in [7, 11) is 0. The fraction of sp³-hybridized carbons (Fsp3) is 0.160. The van der Waals surface area contributed by atoms with Gasteiger partial charge in [0.25, 0.3) is 5.91 Å². The number of carbonyl (C=O) groups is 1. The van der Waals surface area contributed by atoms with E-state index in [0.29, 0.717) is 34.7 Å². The third kappa shape index (κ3) is 3.08. The van der Waals surface area contributed by atoms with Gasteiger partial charge in [-0.05, 0) is 55.3 Å². The van der Waals surface area contributed by atoms with Gasteiger partial charge in [0.05, 0.1) is 23.6 Å². The predicted octanol–water partition coefficient (Wildman–Crippen LogP) is 4.64. The number of benzene rings is 2. The number of hydrogen-bond acceptors (Lipinski definition) is 5. The van der Waals surface area contributed by atoms with Gasteiger partial charge in [-0.25, -0.2) is 4.98 Å². The van der Waals surface area contributed by atoms with Crippen molar-refractivity contribution >= 4 is 22.7 Å². The predicted molar refractivity (Wildman–Crippen MR) is 118 cm³/mol. The van der Waals surface area contributed by atoms with Crippen LogP contribution >= 0.6 is 0 Å². The van der Waals surface area contributed by atoms with E-state index in [1.807, 2.05) is 44.2 Å². The summed E-state index contributed by atoms with van der Waals surface area (Å²) < 4.78 is 11.6. The summed E-state index contributed by atoms with van der Waals surface area (Å²) >= 11 is 0. The van der Waals surface area contributed by atoms with Crippen LogP contribution in [-0.2, 0) is 0 Å². The number of nitrogens with zero attached hydrogens (tertiary/aromatic N) is 2. The highest BCUT2D eigenvalue weighted by molar-refractivity contribution is 6.10. The summed E-state index contributed by atoms with van der Waals surface area (Å²) in [5, 5.41) is 0.443. The fourth-order valence-electron chi connectivity index (χ4n) is 4.01. The minimum Gasteiger partial charge on any atom is -0.494 e. The zero-order valence-electron chi connectivity index (χ0n) is 17.2. The Bertz CT molecular complexity index is 1360. The van der Waals surface area contributed by atoms with Crippen molar-refractivity contribution in [1.82, 2.24) is 4.98 Å². The molecule has 31 heavy (non-hydrogen) atoms. The van der Waals surface area contributed by atoms with Crippen LogP contribution in [0.2, 0.25) is 0 Å². The van der Waals surface area contributed by atoms with Crippen molar-refractivity contribution in [2.45, 2.75) is 19.9 Å². The van der Waals surface area contributed by atoms with Crippen LogP contribution in [0.1, 0.15) is 40.2 Å². The molecular formula is C25H20N2O4. The van der Waals surface area contributed by atoms with Crippen LogP contribution in [0.3, 0.4) is 0 Å². The Kier molecular flexibility index (Phi) is 4.55. The van der Waals surface area contributed by atoms with Gasteiger partial charge in [-0.1, -0.05) is 30.3 Å². The Morgan fingerprint density at radius 1 is 1.06 bits per heavy atom. The number of fused-ring (bicyclic) bond motifs is 2. The van der Waals surface area contributed by atoms with E-state index < -0.39 is 6.04 Å². The lowest BCUT2D eigenvalue weighted by atomic mass is 9.98. The Balaban J connectivity index is 1.78. The minimum absolute atomic E-state index is 0.0536. The molecule has 0 radical (unpaired) electrons. The molecule has 2 aromatic heterocycles. The number of ether oxygens (including phenoxy) is 1. The molecule has 1 aliphatic rings. The highest BCUT2D eigenvalue weighted by atomic mass is 16.5. The van der Waals surface area contributed by atoms with Crippen molar-refractivity contribution in [1.29, 1.82) is 0 Å². The van der Waals surface area contributed by atoms with Gasteiger partial charge in [0.15, 0.2) is 5.43 Å². The molecule has 1 unspecified atom stereocenters. The standard InChI is InChI=1S/C25H20N2O4/c1-3-30-17-8-6-7-16(13-17)22-21-23(28)18-9-4-5-10-19(18)31-24(21)25(29)27(22)20-12-11-15(2)14-26-20/h4-14,22H,3H2,1-2H3. The molecule has 154 valence electrons. The molecule has 4 aromatic rings. The van der Waals surface area contributed by atoms with E-state index in [4.69, 9.17) is 9.15 Å². The maximum absolute atomic E-state index is 13.5. The number of rotatable bonds is 4. The van der Waals surface area contributed by atoms with E-state index in [2.05, 4.69) is 4.98 Å². The van der Waals surface area contributed by atoms with E-state index in [-0.39, 0.29) is 17.1 Å². The van der Waals surface area contributed by atoms with E-state index >= 15 is 0 Å². The number of aromatic nitrogens is 1. The van der Waals surface area contributed by atoms with Gasteiger partial charge in [0.1, 0.15) is 17.2 Å². The Hall–Kier alpha value is -3.93. The van der Waals surface area contributed by atoms with Crippen molar-refractivity contribution in [3.63, 3.8) is 0 Å². The molecule has 1 amide bonds. The van der Waals surface area contributed by atoms with Gasteiger partial charge in [-0.2, -0.15) is 0 Å². The topological polar surface area (TPSA) is 72.6 Å². The molecule has 0 fully saturated rings. The second kappa shape index (κ2) is 7.40. The van der Waals surface area contributed by atoms with Crippen LogP contribution < -0.4 is 15.1 Å². The molecule has 0 saturated carbocycles. The normalized spacial score (nSPS) is 15.4. The number of carbonyl (C=O) groups excluding carboxylic acids is 1. The molecule has 0 bridgehead atoms. The minimum atomic E-state index is -0.668. The first-order chi connectivity index (χ1) is 15.1. The molecular weight excluding hydrogens is 392 g/mol. The molecule has 6 heteroatoms. The molecule has 0 aliphatic carbocycles. The monoisotopic (exact) mass is 412 g/mol. The summed E-state index contributed by atoms with van der Waals surface area (Å²) in [6.45, 7) is 4.35. The lowest BCUT2D eigenvalue weighted by Gasteiger charge is -2.24. The summed E-state index contributed by atoms with van der Waals surface area (Å²) in [5.41, 5.74) is 2.22. The van der Waals surface area contributed by atoms with Gasteiger partial charge < -0.3 is 9.15 Å². The fourth-order valence-corrected chi connectivity index (χ4v) is 4.01. The van der Waals surface area contributed by atoms with E-state index in [0.717, 1.165) is 11.1 Å². The molecule has 6 nitrogen and oxygen atoms in total. The first kappa shape index (κ1) is 19.1. The average molecular weight is 412 g/mol. The molecule has 0 N–H and O–H groups in total. The van der Waals surface area contributed by atoms with Crippen LogP contribution in [-0.4, -0.2) is 17.5 Å². The largest absolute Gasteiger partial charge is 0.494 e. The summed E-state index contributed by atoms with van der Waals surface area (Å²) in [4.78, 5) is 33.0. The highest BCUT2D eigenvalue weighted by Gasteiger charge is 2.44. The molecule has 2 aromatic carbocycles. The lowest BCUT2D eigenvalue weighted by molar-refractivity contribution is 0.0970. The molecule has 1 aliphatic heterocycles. The Labute approximate surface area is 178 Å². The van der Waals surface area contributed by atoms with Crippen molar-refractivity contribution in [3.8, 4) is 5.75 Å². The van der Waals surface area contributed by atoms with Crippen LogP contribution in [0.15, 0.2) is 76.1 Å². The summed E-state index contributed by atoms with van der Waals surface area (Å²) in [5.74, 6) is 0.791. The molecule has 0 spiro atoms. The average Bonchev–Trinajstić information content (AvgIpc) is 3.08. The van der Waals surface area contributed by atoms with Crippen molar-refractivity contribution < 1.29 is 13.9 Å². The van der Waals surface area contributed by atoms with Crippen molar-refractivity contribution in [3.05, 3.63) is 99.5 Å². The zero-order valence-corrected chi connectivity index (χ0v) is 17.2. The maximum atomic E-state index is 13.5.